The monoisotopic (exact) mass is 248 g/mol. The van der Waals surface area contributed by atoms with E-state index in [0.29, 0.717) is 0 Å². The molecule has 1 saturated heterocycles. The van der Waals surface area contributed by atoms with Gasteiger partial charge in [-0.3, -0.25) is 4.90 Å². The lowest BCUT2D eigenvalue weighted by Gasteiger charge is -2.10. The second-order valence-corrected chi connectivity index (χ2v) is 5.34. The van der Waals surface area contributed by atoms with Crippen LogP contribution >= 0.6 is 11.8 Å². The number of rotatable bonds is 5. The van der Waals surface area contributed by atoms with Gasteiger partial charge < -0.3 is 4.74 Å². The number of ether oxygens (including phenoxy) is 1. The highest BCUT2D eigenvalue weighted by Gasteiger charge is 2.46. The molecule has 0 bridgehead atoms. The number of nitrogens with zero attached hydrogens (tertiary/aromatic N) is 2. The van der Waals surface area contributed by atoms with Gasteiger partial charge in [-0.15, -0.1) is 0 Å². The topological polar surface area (TPSA) is 36.0 Å². The van der Waals surface area contributed by atoms with Gasteiger partial charge in [0.25, 0.3) is 0 Å². The second kappa shape index (κ2) is 4.99. The van der Waals surface area contributed by atoms with Gasteiger partial charge in [-0.05, 0) is 36.4 Å². The van der Waals surface area contributed by atoms with E-state index in [-0.39, 0.29) is 5.54 Å². The quantitative estimate of drug-likeness (QED) is 0.592. The molecule has 0 aliphatic carbocycles. The van der Waals surface area contributed by atoms with E-state index in [1.54, 1.807) is 7.11 Å². The molecular formula is C13H16N2OS. The Morgan fingerprint density at radius 2 is 2.18 bits per heavy atom. The minimum Gasteiger partial charge on any atom is -0.497 e. The van der Waals surface area contributed by atoms with Crippen LogP contribution in [0.15, 0.2) is 24.3 Å². The van der Waals surface area contributed by atoms with E-state index >= 15 is 0 Å². The van der Waals surface area contributed by atoms with E-state index in [1.165, 1.54) is 17.3 Å². The first-order valence-electron chi connectivity index (χ1n) is 5.57. The lowest BCUT2D eigenvalue weighted by Crippen LogP contribution is -2.16. The summed E-state index contributed by atoms with van der Waals surface area (Å²) in [5.74, 6) is 1.78. The summed E-state index contributed by atoms with van der Waals surface area (Å²) in [6.45, 7) is 4.24. The van der Waals surface area contributed by atoms with Gasteiger partial charge >= 0.3 is 0 Å². The van der Waals surface area contributed by atoms with Crippen molar-refractivity contribution in [1.29, 1.82) is 5.26 Å². The van der Waals surface area contributed by atoms with Crippen LogP contribution in [-0.4, -0.2) is 29.8 Å². The number of hydrogen-bond donors (Lipinski definition) is 0. The smallest absolute Gasteiger partial charge is 0.133 e. The molecular weight excluding hydrogens is 232 g/mol. The van der Waals surface area contributed by atoms with Gasteiger partial charge in [-0.1, -0.05) is 12.1 Å². The Kier molecular flexibility index (Phi) is 3.60. The Balaban J connectivity index is 1.88. The zero-order chi connectivity index (χ0) is 12.3. The van der Waals surface area contributed by atoms with Crippen molar-refractivity contribution >= 4 is 11.8 Å². The van der Waals surface area contributed by atoms with Gasteiger partial charge in [0.15, 0.2) is 0 Å². The number of thiocyanates is 1. The van der Waals surface area contributed by atoms with Crippen LogP contribution in [0.25, 0.3) is 0 Å². The maximum absolute atomic E-state index is 8.57. The highest BCUT2D eigenvalue weighted by Crippen LogP contribution is 2.36. The first kappa shape index (κ1) is 12.3. The van der Waals surface area contributed by atoms with Gasteiger partial charge in [0.2, 0.25) is 0 Å². The molecule has 0 spiro atoms. The molecule has 0 aromatic heterocycles. The zero-order valence-electron chi connectivity index (χ0n) is 10.1. The summed E-state index contributed by atoms with van der Waals surface area (Å²) in [5.41, 5.74) is 1.50. The summed E-state index contributed by atoms with van der Waals surface area (Å²) >= 11 is 1.34. The summed E-state index contributed by atoms with van der Waals surface area (Å²) in [7, 11) is 1.68. The molecule has 1 aliphatic heterocycles. The molecule has 0 radical (unpaired) electrons. The molecule has 2 unspecified atom stereocenters. The van der Waals surface area contributed by atoms with E-state index in [9.17, 15) is 0 Å². The fraction of sp³-hybridized carbons (Fsp3) is 0.462. The molecule has 17 heavy (non-hydrogen) atoms. The van der Waals surface area contributed by atoms with Crippen LogP contribution in [0, 0.1) is 10.7 Å². The molecule has 1 aliphatic rings. The fourth-order valence-corrected chi connectivity index (χ4v) is 2.55. The first-order chi connectivity index (χ1) is 8.18. The van der Waals surface area contributed by atoms with Crippen molar-refractivity contribution in [3.63, 3.8) is 0 Å². The summed E-state index contributed by atoms with van der Waals surface area (Å²) in [5, 5.41) is 10.7. The van der Waals surface area contributed by atoms with E-state index in [2.05, 4.69) is 29.4 Å². The van der Waals surface area contributed by atoms with Crippen LogP contribution in [-0.2, 0) is 6.54 Å². The highest BCUT2D eigenvalue weighted by atomic mass is 32.2. The van der Waals surface area contributed by atoms with Gasteiger partial charge in [0.05, 0.1) is 7.11 Å². The first-order valence-corrected chi connectivity index (χ1v) is 6.55. The van der Waals surface area contributed by atoms with Crippen LogP contribution in [0.4, 0.5) is 0 Å². The second-order valence-electron chi connectivity index (χ2n) is 4.58. The van der Waals surface area contributed by atoms with Crippen molar-refractivity contribution in [1.82, 2.24) is 4.90 Å². The predicted octanol–water partition coefficient (Wildman–Crippen LogP) is 2.48. The third-order valence-corrected chi connectivity index (χ3v) is 4.07. The van der Waals surface area contributed by atoms with E-state index in [4.69, 9.17) is 10.00 Å². The third-order valence-electron chi connectivity index (χ3n) is 3.17. The average Bonchev–Trinajstić information content (AvgIpc) is 2.99. The molecule has 0 saturated carbocycles. The molecule has 1 heterocycles. The number of methoxy groups -OCH3 is 1. The van der Waals surface area contributed by atoms with Crippen LogP contribution in [0.2, 0.25) is 0 Å². The summed E-state index contributed by atoms with van der Waals surface area (Å²) in [4.78, 5) is 2.39. The number of hydrogen-bond acceptors (Lipinski definition) is 4. The average molecular weight is 248 g/mol. The Labute approximate surface area is 106 Å². The van der Waals surface area contributed by atoms with Crippen molar-refractivity contribution in [2.75, 3.05) is 19.4 Å². The van der Waals surface area contributed by atoms with E-state index < -0.39 is 0 Å². The summed E-state index contributed by atoms with van der Waals surface area (Å²) < 4.78 is 5.13. The van der Waals surface area contributed by atoms with Gasteiger partial charge in [0.1, 0.15) is 11.2 Å². The Morgan fingerprint density at radius 3 is 2.76 bits per heavy atom. The maximum atomic E-state index is 8.57. The molecule has 4 heteroatoms. The molecule has 0 N–H and O–H groups in total. The standard InChI is InChI=1S/C13H16N2OS/c1-13(9-17-10-14)8-15(13)7-11-3-5-12(16-2)6-4-11/h3-6H,7-9H2,1-2H3. The lowest BCUT2D eigenvalue weighted by molar-refractivity contribution is 0.413. The predicted molar refractivity (Wildman–Crippen MR) is 69.9 cm³/mol. The van der Waals surface area contributed by atoms with Crippen molar-refractivity contribution in [2.24, 2.45) is 0 Å². The minimum atomic E-state index is 0.209. The molecule has 0 amide bonds. The van der Waals surface area contributed by atoms with Crippen molar-refractivity contribution in [3.8, 4) is 11.2 Å². The van der Waals surface area contributed by atoms with Crippen LogP contribution in [0.3, 0.4) is 0 Å². The largest absolute Gasteiger partial charge is 0.497 e. The van der Waals surface area contributed by atoms with Crippen molar-refractivity contribution in [3.05, 3.63) is 29.8 Å². The van der Waals surface area contributed by atoms with Gasteiger partial charge in [0, 0.05) is 24.4 Å². The van der Waals surface area contributed by atoms with Crippen molar-refractivity contribution < 1.29 is 4.74 Å². The maximum Gasteiger partial charge on any atom is 0.133 e. The Hall–Kier alpha value is -1.18. The fourth-order valence-electron chi connectivity index (χ4n) is 1.90. The van der Waals surface area contributed by atoms with Crippen LogP contribution in [0.1, 0.15) is 12.5 Å². The minimum absolute atomic E-state index is 0.209. The molecule has 1 aromatic rings. The molecule has 90 valence electrons. The van der Waals surface area contributed by atoms with E-state index in [0.717, 1.165) is 24.6 Å². The third kappa shape index (κ3) is 2.93. The van der Waals surface area contributed by atoms with Gasteiger partial charge in [-0.2, -0.15) is 5.26 Å². The Bertz CT molecular complexity index is 426. The molecule has 2 atom stereocenters. The Morgan fingerprint density at radius 1 is 1.47 bits per heavy atom. The number of nitriles is 1. The normalized spacial score (nSPS) is 26.3. The molecule has 1 fully saturated rings. The van der Waals surface area contributed by atoms with E-state index in [1.807, 2.05) is 12.1 Å². The summed E-state index contributed by atoms with van der Waals surface area (Å²) in [6.07, 6.45) is 0. The highest BCUT2D eigenvalue weighted by molar-refractivity contribution is 8.03. The molecule has 3 nitrogen and oxygen atoms in total. The van der Waals surface area contributed by atoms with Crippen LogP contribution < -0.4 is 4.74 Å². The van der Waals surface area contributed by atoms with Crippen molar-refractivity contribution in [2.45, 2.75) is 19.0 Å². The number of thioether (sulfide) groups is 1. The SMILES string of the molecule is COc1ccc(CN2CC2(C)CSC#N)cc1. The number of benzene rings is 1. The summed E-state index contributed by atoms with van der Waals surface area (Å²) in [6, 6.07) is 8.16. The lowest BCUT2D eigenvalue weighted by atomic mass is 10.2. The van der Waals surface area contributed by atoms with Gasteiger partial charge in [-0.25, -0.2) is 0 Å². The zero-order valence-corrected chi connectivity index (χ0v) is 11.0. The van der Waals surface area contributed by atoms with Crippen LogP contribution in [0.5, 0.6) is 5.75 Å². The molecule has 1 aromatic carbocycles. The molecule has 2 rings (SSSR count).